The summed E-state index contributed by atoms with van der Waals surface area (Å²) in [6.07, 6.45) is 0.626. The van der Waals surface area contributed by atoms with Gasteiger partial charge < -0.3 is 30.1 Å². The zero-order valence-corrected chi connectivity index (χ0v) is 21.7. The minimum Gasteiger partial charge on any atom is -0.508 e. The first-order valence-electron chi connectivity index (χ1n) is 11.7. The predicted molar refractivity (Wildman–Crippen MR) is 130 cm³/mol. The topological polar surface area (TPSA) is 134 Å². The van der Waals surface area contributed by atoms with Gasteiger partial charge in [-0.3, -0.25) is 14.4 Å². The quantitative estimate of drug-likeness (QED) is 0.404. The van der Waals surface area contributed by atoms with E-state index in [0.717, 1.165) is 6.42 Å². The number of amides is 3. The average molecular weight is 494 g/mol. The van der Waals surface area contributed by atoms with E-state index in [2.05, 4.69) is 29.2 Å². The molecule has 3 amide bonds. The summed E-state index contributed by atoms with van der Waals surface area (Å²) in [5.74, 6) is -1.51. The second-order valence-corrected chi connectivity index (χ2v) is 9.77. The van der Waals surface area contributed by atoms with Crippen LogP contribution in [0.15, 0.2) is 24.3 Å². The SMILES string of the molecule is COC(=O)CNC(=O)C(c1cccc(O)c1)N(C(=O)CNC(=O)OC(C)(C)C)C(C)CCC(C)C. The van der Waals surface area contributed by atoms with E-state index < -0.39 is 48.1 Å². The van der Waals surface area contributed by atoms with Crippen LogP contribution < -0.4 is 10.6 Å². The van der Waals surface area contributed by atoms with E-state index in [1.165, 1.54) is 24.1 Å². The minimum atomic E-state index is -1.16. The summed E-state index contributed by atoms with van der Waals surface area (Å²) in [5.41, 5.74) is -0.385. The van der Waals surface area contributed by atoms with Gasteiger partial charge in [-0.05, 0) is 64.2 Å². The fourth-order valence-electron chi connectivity index (χ4n) is 3.37. The zero-order valence-electron chi connectivity index (χ0n) is 21.7. The van der Waals surface area contributed by atoms with Crippen molar-refractivity contribution in [3.63, 3.8) is 0 Å². The third-order valence-corrected chi connectivity index (χ3v) is 5.05. The van der Waals surface area contributed by atoms with Crippen LogP contribution in [0.2, 0.25) is 0 Å². The monoisotopic (exact) mass is 493 g/mol. The molecule has 0 bridgehead atoms. The molecule has 0 aliphatic rings. The molecular weight excluding hydrogens is 454 g/mol. The lowest BCUT2D eigenvalue weighted by Crippen LogP contribution is -2.51. The molecule has 1 aromatic carbocycles. The number of benzene rings is 1. The van der Waals surface area contributed by atoms with E-state index in [-0.39, 0.29) is 12.3 Å². The number of nitrogens with zero attached hydrogens (tertiary/aromatic N) is 1. The second kappa shape index (κ2) is 13.6. The van der Waals surface area contributed by atoms with Gasteiger partial charge in [0.25, 0.3) is 0 Å². The van der Waals surface area contributed by atoms with Crippen molar-refractivity contribution >= 4 is 23.9 Å². The van der Waals surface area contributed by atoms with Crippen molar-refractivity contribution in [1.82, 2.24) is 15.5 Å². The lowest BCUT2D eigenvalue weighted by molar-refractivity contribution is -0.145. The first-order chi connectivity index (χ1) is 16.2. The molecule has 10 heteroatoms. The molecule has 3 N–H and O–H groups in total. The van der Waals surface area contributed by atoms with Gasteiger partial charge in [-0.1, -0.05) is 26.0 Å². The molecule has 0 saturated heterocycles. The van der Waals surface area contributed by atoms with Gasteiger partial charge in [-0.25, -0.2) is 4.79 Å². The van der Waals surface area contributed by atoms with Crippen molar-refractivity contribution < 1.29 is 33.8 Å². The Kier molecular flexibility index (Phi) is 11.5. The molecule has 2 atom stereocenters. The lowest BCUT2D eigenvalue weighted by Gasteiger charge is -2.36. The number of nitrogens with one attached hydrogen (secondary N) is 2. The summed E-state index contributed by atoms with van der Waals surface area (Å²) >= 11 is 0. The summed E-state index contributed by atoms with van der Waals surface area (Å²) < 4.78 is 9.80. The standard InChI is InChI=1S/C25H39N3O7/c1-16(2)11-12-17(3)28(20(30)14-27-24(33)35-25(4,5)6)22(18-9-8-10-19(29)13-18)23(32)26-15-21(31)34-7/h8-10,13,16-17,22,29H,11-12,14-15H2,1-7H3,(H,26,32)(H,27,33). The highest BCUT2D eigenvalue weighted by Crippen LogP contribution is 2.28. The number of esters is 1. The maximum absolute atomic E-state index is 13.4. The van der Waals surface area contributed by atoms with Gasteiger partial charge in [0.1, 0.15) is 30.5 Å². The molecule has 196 valence electrons. The molecule has 0 aliphatic heterocycles. The number of ether oxygens (including phenoxy) is 2. The highest BCUT2D eigenvalue weighted by Gasteiger charge is 2.35. The molecule has 0 saturated carbocycles. The van der Waals surface area contributed by atoms with Gasteiger partial charge in [0, 0.05) is 6.04 Å². The fraction of sp³-hybridized carbons (Fsp3) is 0.600. The molecular formula is C25H39N3O7. The first-order valence-corrected chi connectivity index (χ1v) is 11.7. The number of hydrogen-bond donors (Lipinski definition) is 3. The van der Waals surface area contributed by atoms with Crippen molar-refractivity contribution in [2.24, 2.45) is 5.92 Å². The smallest absolute Gasteiger partial charge is 0.408 e. The lowest BCUT2D eigenvalue weighted by atomic mass is 9.98. The molecule has 0 radical (unpaired) electrons. The van der Waals surface area contributed by atoms with Crippen LogP contribution in [-0.2, 0) is 23.9 Å². The summed E-state index contributed by atoms with van der Waals surface area (Å²) in [4.78, 5) is 51.8. The number of phenols is 1. The van der Waals surface area contributed by atoms with Crippen LogP contribution in [0.1, 0.15) is 66.0 Å². The van der Waals surface area contributed by atoms with Crippen molar-refractivity contribution in [3.05, 3.63) is 29.8 Å². The molecule has 1 rings (SSSR count). The van der Waals surface area contributed by atoms with E-state index in [1.54, 1.807) is 32.9 Å². The van der Waals surface area contributed by atoms with Crippen LogP contribution in [0.4, 0.5) is 4.79 Å². The van der Waals surface area contributed by atoms with Gasteiger partial charge in [0.15, 0.2) is 0 Å². The molecule has 0 aromatic heterocycles. The maximum atomic E-state index is 13.4. The predicted octanol–water partition coefficient (Wildman–Crippen LogP) is 2.90. The van der Waals surface area contributed by atoms with Crippen molar-refractivity contribution in [2.45, 2.75) is 72.1 Å². The van der Waals surface area contributed by atoms with E-state index in [9.17, 15) is 24.3 Å². The highest BCUT2D eigenvalue weighted by atomic mass is 16.6. The number of hydrogen-bond acceptors (Lipinski definition) is 7. The van der Waals surface area contributed by atoms with E-state index in [1.807, 2.05) is 6.92 Å². The third kappa shape index (κ3) is 10.7. The molecule has 0 spiro atoms. The Morgan fingerprint density at radius 3 is 2.23 bits per heavy atom. The highest BCUT2D eigenvalue weighted by molar-refractivity contribution is 5.92. The second-order valence-electron chi connectivity index (χ2n) is 9.77. The molecule has 0 heterocycles. The average Bonchev–Trinajstić information content (AvgIpc) is 2.76. The van der Waals surface area contributed by atoms with Gasteiger partial charge in [0.05, 0.1) is 7.11 Å². The Bertz CT molecular complexity index is 880. The number of carbonyl (C=O) groups is 4. The van der Waals surface area contributed by atoms with Gasteiger partial charge >= 0.3 is 12.1 Å². The fourth-order valence-corrected chi connectivity index (χ4v) is 3.37. The Labute approximate surface area is 207 Å². The molecule has 35 heavy (non-hydrogen) atoms. The van der Waals surface area contributed by atoms with Gasteiger partial charge in [-0.2, -0.15) is 0 Å². The molecule has 1 aromatic rings. The summed E-state index contributed by atoms with van der Waals surface area (Å²) in [6.45, 7) is 10.3. The molecule has 10 nitrogen and oxygen atoms in total. The Morgan fingerprint density at radius 2 is 1.69 bits per heavy atom. The first kappa shape index (κ1) is 29.7. The van der Waals surface area contributed by atoms with Crippen LogP contribution in [0, 0.1) is 5.92 Å². The largest absolute Gasteiger partial charge is 0.508 e. The molecule has 0 aliphatic carbocycles. The Morgan fingerprint density at radius 1 is 1.03 bits per heavy atom. The normalized spacial score (nSPS) is 12.9. The number of rotatable bonds is 11. The number of aromatic hydroxyl groups is 1. The minimum absolute atomic E-state index is 0.0811. The third-order valence-electron chi connectivity index (χ3n) is 5.05. The van der Waals surface area contributed by atoms with Crippen LogP contribution in [-0.4, -0.2) is 65.7 Å². The van der Waals surface area contributed by atoms with Crippen LogP contribution in [0.3, 0.4) is 0 Å². The van der Waals surface area contributed by atoms with Crippen LogP contribution in [0.25, 0.3) is 0 Å². The maximum Gasteiger partial charge on any atom is 0.408 e. The summed E-state index contributed by atoms with van der Waals surface area (Å²) in [5, 5.41) is 15.0. The zero-order chi connectivity index (χ0) is 26.8. The number of carbonyl (C=O) groups excluding carboxylic acids is 4. The Balaban J connectivity index is 3.32. The summed E-state index contributed by atoms with van der Waals surface area (Å²) in [7, 11) is 1.20. The number of phenolic OH excluding ortho intramolecular Hbond substituents is 1. The van der Waals surface area contributed by atoms with E-state index in [4.69, 9.17) is 4.74 Å². The number of methoxy groups -OCH3 is 1. The van der Waals surface area contributed by atoms with Crippen LogP contribution >= 0.6 is 0 Å². The van der Waals surface area contributed by atoms with Crippen molar-refractivity contribution in [3.8, 4) is 5.75 Å². The van der Waals surface area contributed by atoms with Gasteiger partial charge in [0.2, 0.25) is 11.8 Å². The van der Waals surface area contributed by atoms with E-state index >= 15 is 0 Å². The molecule has 0 fully saturated rings. The summed E-state index contributed by atoms with van der Waals surface area (Å²) in [6, 6.07) is 4.44. The van der Waals surface area contributed by atoms with Gasteiger partial charge in [-0.15, -0.1) is 0 Å². The van der Waals surface area contributed by atoms with Crippen molar-refractivity contribution in [1.29, 1.82) is 0 Å². The van der Waals surface area contributed by atoms with Crippen molar-refractivity contribution in [2.75, 3.05) is 20.2 Å². The Hall–Kier alpha value is -3.30. The number of alkyl carbamates (subject to hydrolysis) is 1. The van der Waals surface area contributed by atoms with E-state index in [0.29, 0.717) is 17.9 Å². The van der Waals surface area contributed by atoms with Crippen LogP contribution in [0.5, 0.6) is 5.75 Å². The molecule has 2 unspecified atom stereocenters.